The van der Waals surface area contributed by atoms with Gasteiger partial charge in [-0.05, 0) is 26.0 Å². The zero-order valence-electron chi connectivity index (χ0n) is 11.9. The molecule has 3 rings (SSSR count). The van der Waals surface area contributed by atoms with Gasteiger partial charge in [0.25, 0.3) is 0 Å². The maximum absolute atomic E-state index is 13.8. The number of rotatable bonds is 2. The Hall–Kier alpha value is -2.46. The highest BCUT2D eigenvalue weighted by Gasteiger charge is 2.15. The first-order chi connectivity index (χ1) is 10.1. The highest BCUT2D eigenvalue weighted by molar-refractivity contribution is 5.97. The van der Waals surface area contributed by atoms with E-state index in [1.165, 1.54) is 6.07 Å². The SMILES string of the molecule is Cc1c(-c2ccccc2)nc2c(C)c(F)ccc2c1NN. The maximum Gasteiger partial charge on any atom is 0.128 e. The largest absolute Gasteiger partial charge is 0.323 e. The molecule has 0 bridgehead atoms. The number of aromatic nitrogens is 1. The van der Waals surface area contributed by atoms with E-state index < -0.39 is 0 Å². The number of benzene rings is 2. The van der Waals surface area contributed by atoms with Gasteiger partial charge in [-0.25, -0.2) is 9.37 Å². The van der Waals surface area contributed by atoms with Crippen molar-refractivity contribution in [2.45, 2.75) is 13.8 Å². The quantitative estimate of drug-likeness (QED) is 0.552. The number of pyridine rings is 1. The monoisotopic (exact) mass is 281 g/mol. The predicted octanol–water partition coefficient (Wildman–Crippen LogP) is 3.94. The van der Waals surface area contributed by atoms with Crippen LogP contribution in [0.5, 0.6) is 0 Å². The van der Waals surface area contributed by atoms with Gasteiger partial charge in [-0.3, -0.25) is 5.84 Å². The van der Waals surface area contributed by atoms with Gasteiger partial charge < -0.3 is 5.43 Å². The molecule has 0 atom stereocenters. The number of hydrogen-bond acceptors (Lipinski definition) is 3. The average molecular weight is 281 g/mol. The van der Waals surface area contributed by atoms with Crippen molar-refractivity contribution in [3.8, 4) is 11.3 Å². The number of fused-ring (bicyclic) bond motifs is 1. The topological polar surface area (TPSA) is 50.9 Å². The van der Waals surface area contributed by atoms with E-state index in [9.17, 15) is 4.39 Å². The van der Waals surface area contributed by atoms with Gasteiger partial charge in [0.15, 0.2) is 0 Å². The molecule has 0 fully saturated rings. The minimum Gasteiger partial charge on any atom is -0.323 e. The molecule has 0 radical (unpaired) electrons. The summed E-state index contributed by atoms with van der Waals surface area (Å²) < 4.78 is 13.8. The molecule has 0 spiro atoms. The standard InChI is InChI=1S/C17H16FN3/c1-10-14(18)9-8-13-16(10)20-15(11(2)17(13)21-19)12-6-4-3-5-7-12/h3-9H,19H2,1-2H3,(H,20,21). The van der Waals surface area contributed by atoms with E-state index in [4.69, 9.17) is 5.84 Å². The first-order valence-corrected chi connectivity index (χ1v) is 6.75. The summed E-state index contributed by atoms with van der Waals surface area (Å²) >= 11 is 0. The van der Waals surface area contributed by atoms with E-state index in [0.29, 0.717) is 11.1 Å². The van der Waals surface area contributed by atoms with Crippen molar-refractivity contribution in [2.24, 2.45) is 5.84 Å². The number of halogens is 1. The number of nitrogen functional groups attached to an aromatic ring is 1. The van der Waals surface area contributed by atoms with Crippen LogP contribution in [0.4, 0.5) is 10.1 Å². The highest BCUT2D eigenvalue weighted by Crippen LogP contribution is 2.34. The Bertz CT molecular complexity index is 813. The summed E-state index contributed by atoms with van der Waals surface area (Å²) in [5.74, 6) is 5.42. The molecular weight excluding hydrogens is 265 g/mol. The number of nitrogens with two attached hydrogens (primary N) is 1. The first kappa shape index (κ1) is 13.5. The molecule has 0 saturated heterocycles. The third kappa shape index (κ3) is 2.14. The Kier molecular flexibility index (Phi) is 3.31. The van der Waals surface area contributed by atoms with Crippen molar-refractivity contribution in [3.63, 3.8) is 0 Å². The van der Waals surface area contributed by atoms with Crippen LogP contribution >= 0.6 is 0 Å². The molecule has 3 aromatic rings. The van der Waals surface area contributed by atoms with Crippen LogP contribution in [-0.2, 0) is 0 Å². The summed E-state index contributed by atoms with van der Waals surface area (Å²) in [7, 11) is 0. The van der Waals surface area contributed by atoms with Gasteiger partial charge in [0.05, 0.1) is 16.9 Å². The zero-order valence-corrected chi connectivity index (χ0v) is 11.9. The Morgan fingerprint density at radius 1 is 1.00 bits per heavy atom. The molecule has 0 saturated carbocycles. The second kappa shape index (κ2) is 5.14. The van der Waals surface area contributed by atoms with Crippen LogP contribution in [0.25, 0.3) is 22.2 Å². The molecule has 0 aliphatic rings. The van der Waals surface area contributed by atoms with Crippen LogP contribution < -0.4 is 11.3 Å². The lowest BCUT2D eigenvalue weighted by molar-refractivity contribution is 0.620. The summed E-state index contributed by atoms with van der Waals surface area (Å²) in [6.45, 7) is 3.69. The van der Waals surface area contributed by atoms with Gasteiger partial charge in [0, 0.05) is 22.1 Å². The number of hydrogen-bond donors (Lipinski definition) is 2. The van der Waals surface area contributed by atoms with Gasteiger partial charge in [0.1, 0.15) is 5.82 Å². The molecule has 4 heteroatoms. The van der Waals surface area contributed by atoms with Gasteiger partial charge in [-0.1, -0.05) is 30.3 Å². The highest BCUT2D eigenvalue weighted by atomic mass is 19.1. The molecule has 21 heavy (non-hydrogen) atoms. The van der Waals surface area contributed by atoms with Gasteiger partial charge in [-0.2, -0.15) is 0 Å². The summed E-state index contributed by atoms with van der Waals surface area (Å²) in [6, 6.07) is 13.0. The van der Waals surface area contributed by atoms with Crippen LogP contribution in [0.2, 0.25) is 0 Å². The van der Waals surface area contributed by atoms with Gasteiger partial charge in [-0.15, -0.1) is 0 Å². The van der Waals surface area contributed by atoms with Crippen LogP contribution in [0.3, 0.4) is 0 Å². The van der Waals surface area contributed by atoms with Gasteiger partial charge in [0.2, 0.25) is 0 Å². The Balaban J connectivity index is 2.42. The van der Waals surface area contributed by atoms with E-state index in [-0.39, 0.29) is 5.82 Å². The molecule has 1 aromatic heterocycles. The number of nitrogens with one attached hydrogen (secondary N) is 1. The molecule has 3 nitrogen and oxygen atoms in total. The summed E-state index contributed by atoms with van der Waals surface area (Å²) in [5.41, 5.74) is 7.41. The van der Waals surface area contributed by atoms with Gasteiger partial charge >= 0.3 is 0 Å². The van der Waals surface area contributed by atoms with E-state index in [2.05, 4.69) is 10.4 Å². The minimum atomic E-state index is -0.263. The predicted molar refractivity (Wildman–Crippen MR) is 84.4 cm³/mol. The lowest BCUT2D eigenvalue weighted by Gasteiger charge is -2.15. The number of anilines is 1. The molecule has 1 heterocycles. The average Bonchev–Trinajstić information content (AvgIpc) is 2.51. The van der Waals surface area contributed by atoms with Crippen LogP contribution in [0, 0.1) is 19.7 Å². The lowest BCUT2D eigenvalue weighted by atomic mass is 10.0. The summed E-state index contributed by atoms with van der Waals surface area (Å²) in [6.07, 6.45) is 0. The van der Waals surface area contributed by atoms with Crippen molar-refractivity contribution in [2.75, 3.05) is 5.43 Å². The molecule has 2 aromatic carbocycles. The molecule has 0 unspecified atom stereocenters. The fraction of sp³-hybridized carbons (Fsp3) is 0.118. The van der Waals surface area contributed by atoms with Crippen LogP contribution in [0.1, 0.15) is 11.1 Å². The molecule has 0 aliphatic carbocycles. The summed E-state index contributed by atoms with van der Waals surface area (Å²) in [4.78, 5) is 4.68. The smallest absolute Gasteiger partial charge is 0.128 e. The molecule has 106 valence electrons. The second-order valence-electron chi connectivity index (χ2n) is 5.04. The van der Waals surface area contributed by atoms with E-state index in [1.54, 1.807) is 13.0 Å². The van der Waals surface area contributed by atoms with Crippen molar-refractivity contribution in [3.05, 3.63) is 59.4 Å². The Morgan fingerprint density at radius 2 is 1.71 bits per heavy atom. The number of aryl methyl sites for hydroxylation is 1. The third-order valence-corrected chi connectivity index (χ3v) is 3.78. The maximum atomic E-state index is 13.8. The molecule has 3 N–H and O–H groups in total. The molecule has 0 amide bonds. The van der Waals surface area contributed by atoms with E-state index >= 15 is 0 Å². The van der Waals surface area contributed by atoms with E-state index in [1.807, 2.05) is 37.3 Å². The minimum absolute atomic E-state index is 0.263. The second-order valence-corrected chi connectivity index (χ2v) is 5.04. The Labute approximate surface area is 122 Å². The fourth-order valence-electron chi connectivity index (χ4n) is 2.60. The van der Waals surface area contributed by atoms with Crippen LogP contribution in [-0.4, -0.2) is 4.98 Å². The fourth-order valence-corrected chi connectivity index (χ4v) is 2.60. The first-order valence-electron chi connectivity index (χ1n) is 6.75. The van der Waals surface area contributed by atoms with Crippen molar-refractivity contribution >= 4 is 16.6 Å². The molecule has 0 aliphatic heterocycles. The van der Waals surface area contributed by atoms with E-state index in [0.717, 1.165) is 27.9 Å². The number of hydrazine groups is 1. The zero-order chi connectivity index (χ0) is 15.0. The normalized spacial score (nSPS) is 10.9. The summed E-state index contributed by atoms with van der Waals surface area (Å²) in [5, 5.41) is 0.827. The third-order valence-electron chi connectivity index (χ3n) is 3.78. The Morgan fingerprint density at radius 3 is 2.38 bits per heavy atom. The van der Waals surface area contributed by atoms with Crippen molar-refractivity contribution in [1.29, 1.82) is 0 Å². The lowest BCUT2D eigenvalue weighted by Crippen LogP contribution is -2.10. The molecular formula is C17H16FN3. The van der Waals surface area contributed by atoms with Crippen molar-refractivity contribution in [1.82, 2.24) is 4.98 Å². The van der Waals surface area contributed by atoms with Crippen molar-refractivity contribution < 1.29 is 4.39 Å². The number of nitrogens with zero attached hydrogens (tertiary/aromatic N) is 1. The van der Waals surface area contributed by atoms with Crippen LogP contribution in [0.15, 0.2) is 42.5 Å².